The van der Waals surface area contributed by atoms with Crippen LogP contribution in [0.1, 0.15) is 30.6 Å². The molecule has 0 aromatic heterocycles. The lowest BCUT2D eigenvalue weighted by Gasteiger charge is -2.04. The van der Waals surface area contributed by atoms with Gasteiger partial charge in [0.1, 0.15) is 0 Å². The molecule has 1 aromatic rings. The number of hydrogen-bond donors (Lipinski definition) is 0. The molecule has 0 atom stereocenters. The topological polar surface area (TPSA) is 17.1 Å². The standard InChI is InChI=1S/C11H12ClIO/c1-7(2)5-11(14)8-3-4-10(13)9(12)6-8/h3-4,6-7H,5H2,1-2H3. The van der Waals surface area contributed by atoms with Crippen molar-refractivity contribution in [3.8, 4) is 0 Å². The molecule has 0 N–H and O–H groups in total. The molecular formula is C11H12ClIO. The normalized spacial score (nSPS) is 10.6. The minimum atomic E-state index is 0.165. The summed E-state index contributed by atoms with van der Waals surface area (Å²) in [4.78, 5) is 11.7. The first-order valence-corrected chi connectivity index (χ1v) is 5.94. The average Bonchev–Trinajstić information content (AvgIpc) is 2.08. The Kier molecular flexibility index (Phi) is 4.38. The summed E-state index contributed by atoms with van der Waals surface area (Å²) in [6.45, 7) is 4.07. The Balaban J connectivity index is 2.86. The highest BCUT2D eigenvalue weighted by Gasteiger charge is 2.09. The van der Waals surface area contributed by atoms with Gasteiger partial charge in [-0.05, 0) is 40.6 Å². The second-order valence-electron chi connectivity index (χ2n) is 3.65. The van der Waals surface area contributed by atoms with E-state index in [0.29, 0.717) is 22.9 Å². The van der Waals surface area contributed by atoms with Gasteiger partial charge in [0.2, 0.25) is 0 Å². The zero-order chi connectivity index (χ0) is 10.7. The van der Waals surface area contributed by atoms with Crippen molar-refractivity contribution in [1.82, 2.24) is 0 Å². The van der Waals surface area contributed by atoms with Crippen molar-refractivity contribution in [3.63, 3.8) is 0 Å². The van der Waals surface area contributed by atoms with Gasteiger partial charge in [-0.1, -0.05) is 31.5 Å². The molecule has 76 valence electrons. The number of benzene rings is 1. The van der Waals surface area contributed by atoms with Gasteiger partial charge in [-0.15, -0.1) is 0 Å². The molecule has 0 unspecified atom stereocenters. The quantitative estimate of drug-likeness (QED) is 0.603. The summed E-state index contributed by atoms with van der Waals surface area (Å²) in [5.41, 5.74) is 0.712. The average molecular weight is 323 g/mol. The molecule has 0 aliphatic rings. The molecular weight excluding hydrogens is 310 g/mol. The van der Waals surface area contributed by atoms with E-state index >= 15 is 0 Å². The summed E-state index contributed by atoms with van der Waals surface area (Å²) in [7, 11) is 0. The van der Waals surface area contributed by atoms with Crippen LogP contribution in [0.5, 0.6) is 0 Å². The van der Waals surface area contributed by atoms with Gasteiger partial charge >= 0.3 is 0 Å². The van der Waals surface area contributed by atoms with Crippen LogP contribution in [-0.4, -0.2) is 5.78 Å². The number of hydrogen-bond acceptors (Lipinski definition) is 1. The molecule has 3 heteroatoms. The van der Waals surface area contributed by atoms with Crippen LogP contribution < -0.4 is 0 Å². The highest BCUT2D eigenvalue weighted by molar-refractivity contribution is 14.1. The lowest BCUT2D eigenvalue weighted by Crippen LogP contribution is -2.03. The molecule has 0 saturated heterocycles. The monoisotopic (exact) mass is 322 g/mol. The minimum Gasteiger partial charge on any atom is -0.294 e. The first-order valence-electron chi connectivity index (χ1n) is 4.49. The molecule has 0 bridgehead atoms. The van der Waals surface area contributed by atoms with E-state index in [-0.39, 0.29) is 5.78 Å². The molecule has 1 rings (SSSR count). The zero-order valence-corrected chi connectivity index (χ0v) is 11.1. The zero-order valence-electron chi connectivity index (χ0n) is 8.18. The van der Waals surface area contributed by atoms with Crippen molar-refractivity contribution in [2.45, 2.75) is 20.3 Å². The Hall–Kier alpha value is -0.0900. The smallest absolute Gasteiger partial charge is 0.163 e. The van der Waals surface area contributed by atoms with Crippen molar-refractivity contribution >= 4 is 40.0 Å². The van der Waals surface area contributed by atoms with Gasteiger partial charge < -0.3 is 0 Å². The van der Waals surface area contributed by atoms with Crippen LogP contribution in [0.25, 0.3) is 0 Å². The SMILES string of the molecule is CC(C)CC(=O)c1ccc(I)c(Cl)c1. The maximum atomic E-state index is 11.7. The molecule has 14 heavy (non-hydrogen) atoms. The highest BCUT2D eigenvalue weighted by Crippen LogP contribution is 2.21. The van der Waals surface area contributed by atoms with Gasteiger partial charge in [-0.25, -0.2) is 0 Å². The summed E-state index contributed by atoms with van der Waals surface area (Å²) >= 11 is 8.08. The van der Waals surface area contributed by atoms with Gasteiger partial charge in [0.25, 0.3) is 0 Å². The van der Waals surface area contributed by atoms with E-state index in [9.17, 15) is 4.79 Å². The number of carbonyl (C=O) groups excluding carboxylic acids is 1. The molecule has 1 nitrogen and oxygen atoms in total. The molecule has 0 spiro atoms. The molecule has 1 aromatic carbocycles. The maximum absolute atomic E-state index is 11.7. The van der Waals surface area contributed by atoms with Crippen LogP contribution in [0.3, 0.4) is 0 Å². The highest BCUT2D eigenvalue weighted by atomic mass is 127. The van der Waals surface area contributed by atoms with E-state index in [2.05, 4.69) is 22.6 Å². The molecule has 0 aliphatic heterocycles. The van der Waals surface area contributed by atoms with Gasteiger partial charge in [0.15, 0.2) is 5.78 Å². The molecule has 0 amide bonds. The summed E-state index contributed by atoms with van der Waals surface area (Å²) in [5, 5.41) is 0.653. The summed E-state index contributed by atoms with van der Waals surface area (Å²) < 4.78 is 0.977. The predicted molar refractivity (Wildman–Crippen MR) is 68.0 cm³/mol. The second kappa shape index (κ2) is 5.12. The Labute approximate surface area is 103 Å². The van der Waals surface area contributed by atoms with E-state index in [1.54, 1.807) is 6.07 Å². The molecule has 0 aliphatic carbocycles. The maximum Gasteiger partial charge on any atom is 0.163 e. The van der Waals surface area contributed by atoms with Gasteiger partial charge in [0.05, 0.1) is 5.02 Å². The van der Waals surface area contributed by atoms with Crippen LogP contribution in [0, 0.1) is 9.49 Å². The van der Waals surface area contributed by atoms with Crippen molar-refractivity contribution in [1.29, 1.82) is 0 Å². The van der Waals surface area contributed by atoms with Gasteiger partial charge in [-0.3, -0.25) is 4.79 Å². The Bertz CT molecular complexity index is 347. The third kappa shape index (κ3) is 3.24. The number of ketones is 1. The number of halogens is 2. The van der Waals surface area contributed by atoms with Gasteiger partial charge in [-0.2, -0.15) is 0 Å². The first kappa shape index (κ1) is 12.0. The van der Waals surface area contributed by atoms with Crippen LogP contribution in [0.4, 0.5) is 0 Å². The third-order valence-electron chi connectivity index (χ3n) is 1.84. The first-order chi connectivity index (χ1) is 6.50. The number of Topliss-reactive ketones (excluding diaryl/α,β-unsaturated/α-hetero) is 1. The lowest BCUT2D eigenvalue weighted by atomic mass is 10.0. The van der Waals surface area contributed by atoms with E-state index in [0.717, 1.165) is 3.57 Å². The van der Waals surface area contributed by atoms with Crippen molar-refractivity contribution in [2.24, 2.45) is 5.92 Å². The fourth-order valence-electron chi connectivity index (χ4n) is 1.16. The number of carbonyl (C=O) groups is 1. The van der Waals surface area contributed by atoms with E-state index in [1.165, 1.54) is 0 Å². The molecule has 0 heterocycles. The Morgan fingerprint density at radius 3 is 2.64 bits per heavy atom. The fourth-order valence-corrected chi connectivity index (χ4v) is 1.67. The Morgan fingerprint density at radius 2 is 2.14 bits per heavy atom. The van der Waals surface area contributed by atoms with Crippen molar-refractivity contribution in [3.05, 3.63) is 32.4 Å². The summed E-state index contributed by atoms with van der Waals surface area (Å²) in [6, 6.07) is 5.45. The second-order valence-corrected chi connectivity index (χ2v) is 5.22. The fraction of sp³-hybridized carbons (Fsp3) is 0.364. The predicted octanol–water partition coefficient (Wildman–Crippen LogP) is 4.17. The third-order valence-corrected chi connectivity index (χ3v) is 3.41. The molecule has 0 fully saturated rings. The largest absolute Gasteiger partial charge is 0.294 e. The van der Waals surface area contributed by atoms with E-state index in [1.807, 2.05) is 26.0 Å². The van der Waals surface area contributed by atoms with Crippen LogP contribution in [0.2, 0.25) is 5.02 Å². The summed E-state index contributed by atoms with van der Waals surface area (Å²) in [5.74, 6) is 0.554. The molecule has 0 radical (unpaired) electrons. The lowest BCUT2D eigenvalue weighted by molar-refractivity contribution is 0.0968. The van der Waals surface area contributed by atoms with Crippen LogP contribution in [0.15, 0.2) is 18.2 Å². The Morgan fingerprint density at radius 1 is 1.50 bits per heavy atom. The van der Waals surface area contributed by atoms with E-state index in [4.69, 9.17) is 11.6 Å². The van der Waals surface area contributed by atoms with E-state index < -0.39 is 0 Å². The molecule has 0 saturated carbocycles. The number of rotatable bonds is 3. The summed E-state index contributed by atoms with van der Waals surface area (Å²) in [6.07, 6.45) is 0.580. The van der Waals surface area contributed by atoms with Crippen molar-refractivity contribution in [2.75, 3.05) is 0 Å². The minimum absolute atomic E-state index is 0.165. The van der Waals surface area contributed by atoms with Gasteiger partial charge in [0, 0.05) is 15.6 Å². The van der Waals surface area contributed by atoms with Crippen LogP contribution in [-0.2, 0) is 0 Å². The van der Waals surface area contributed by atoms with Crippen molar-refractivity contribution < 1.29 is 4.79 Å². The van der Waals surface area contributed by atoms with Crippen LogP contribution >= 0.6 is 34.2 Å².